The van der Waals surface area contributed by atoms with Crippen LogP contribution in [0.3, 0.4) is 0 Å². The van der Waals surface area contributed by atoms with Gasteiger partial charge in [-0.1, -0.05) is 43.6 Å². The predicted molar refractivity (Wildman–Crippen MR) is 105 cm³/mol. The first kappa shape index (κ1) is 20.1. The van der Waals surface area contributed by atoms with Gasteiger partial charge in [-0.15, -0.1) is 0 Å². The number of hydrogen-bond donors (Lipinski definition) is 1. The van der Waals surface area contributed by atoms with Crippen molar-refractivity contribution in [1.82, 2.24) is 5.32 Å². The number of halogens is 1. The number of benzene rings is 2. The Hall–Kier alpha value is -2.20. The van der Waals surface area contributed by atoms with Crippen molar-refractivity contribution in [3.8, 4) is 11.5 Å². The van der Waals surface area contributed by atoms with Crippen molar-refractivity contribution < 1.29 is 14.3 Å². The summed E-state index contributed by atoms with van der Waals surface area (Å²) in [6, 6.07) is 13.0. The van der Waals surface area contributed by atoms with E-state index in [9.17, 15) is 4.79 Å². The van der Waals surface area contributed by atoms with Gasteiger partial charge in [-0.2, -0.15) is 0 Å². The minimum absolute atomic E-state index is 0.0795. The van der Waals surface area contributed by atoms with Gasteiger partial charge < -0.3 is 14.8 Å². The van der Waals surface area contributed by atoms with Crippen LogP contribution in [0, 0.1) is 6.92 Å². The molecular formula is C21H26ClNO3. The lowest BCUT2D eigenvalue weighted by Gasteiger charge is -2.23. The quantitative estimate of drug-likeness (QED) is 0.699. The fourth-order valence-electron chi connectivity index (χ4n) is 2.83. The Bertz CT molecular complexity index is 748. The average Bonchev–Trinajstić information content (AvgIpc) is 2.64. The van der Waals surface area contributed by atoms with Gasteiger partial charge in [-0.05, 0) is 55.2 Å². The average molecular weight is 376 g/mol. The van der Waals surface area contributed by atoms with Gasteiger partial charge in [0.25, 0.3) is 5.91 Å². The molecule has 2 atom stereocenters. The fourth-order valence-corrected chi connectivity index (χ4v) is 3.01. The first-order valence-corrected chi connectivity index (χ1v) is 9.23. The number of methoxy groups -OCH3 is 1. The third kappa shape index (κ3) is 5.15. The summed E-state index contributed by atoms with van der Waals surface area (Å²) in [6.07, 6.45) is 0.781. The number of ether oxygens (including phenoxy) is 2. The van der Waals surface area contributed by atoms with Gasteiger partial charge >= 0.3 is 0 Å². The number of nitrogens with one attached hydrogen (secondary N) is 1. The Kier molecular flexibility index (Phi) is 7.34. The molecule has 1 N–H and O–H groups in total. The highest BCUT2D eigenvalue weighted by Gasteiger charge is 2.22. The van der Waals surface area contributed by atoms with Crippen LogP contribution in [0.2, 0.25) is 5.02 Å². The molecule has 0 unspecified atom stereocenters. The topological polar surface area (TPSA) is 47.6 Å². The molecule has 1 amide bonds. The van der Waals surface area contributed by atoms with E-state index in [0.717, 1.165) is 23.3 Å². The van der Waals surface area contributed by atoms with Crippen LogP contribution in [-0.2, 0) is 4.79 Å². The Morgan fingerprint density at radius 3 is 2.50 bits per heavy atom. The summed E-state index contributed by atoms with van der Waals surface area (Å²) in [5, 5.41) is 3.68. The Balaban J connectivity index is 2.10. The number of aryl methyl sites for hydroxylation is 1. The summed E-state index contributed by atoms with van der Waals surface area (Å²) in [4.78, 5) is 12.7. The minimum Gasteiger partial charge on any atom is -0.496 e. The molecule has 2 aromatic rings. The Morgan fingerprint density at radius 1 is 1.15 bits per heavy atom. The van der Waals surface area contributed by atoms with E-state index in [-0.39, 0.29) is 11.9 Å². The fraction of sp³-hybridized carbons (Fsp3) is 0.381. The van der Waals surface area contributed by atoms with Crippen LogP contribution in [0.15, 0.2) is 42.5 Å². The lowest BCUT2D eigenvalue weighted by atomic mass is 10.0. The van der Waals surface area contributed by atoms with E-state index in [1.165, 1.54) is 0 Å². The highest BCUT2D eigenvalue weighted by molar-refractivity contribution is 6.30. The van der Waals surface area contributed by atoms with E-state index in [2.05, 4.69) is 5.32 Å². The van der Waals surface area contributed by atoms with Crippen molar-refractivity contribution in [2.24, 2.45) is 0 Å². The van der Waals surface area contributed by atoms with E-state index in [4.69, 9.17) is 21.1 Å². The number of carbonyl (C=O) groups is 1. The molecule has 0 aliphatic carbocycles. The van der Waals surface area contributed by atoms with Crippen LogP contribution in [-0.4, -0.2) is 19.1 Å². The molecule has 2 aromatic carbocycles. The van der Waals surface area contributed by atoms with Crippen LogP contribution >= 0.6 is 11.6 Å². The molecule has 140 valence electrons. The smallest absolute Gasteiger partial charge is 0.261 e. The molecule has 0 aliphatic rings. The summed E-state index contributed by atoms with van der Waals surface area (Å²) in [5.74, 6) is 1.30. The number of rotatable bonds is 8. The van der Waals surface area contributed by atoms with E-state index in [0.29, 0.717) is 17.2 Å². The normalized spacial score (nSPS) is 13.0. The highest BCUT2D eigenvalue weighted by Crippen LogP contribution is 2.25. The SMILES string of the molecule is CC[C@@H](Oc1cccc(Cl)c1)C(=O)N[C@H](CC)c1ccc(OC)c(C)c1. The van der Waals surface area contributed by atoms with Crippen LogP contribution in [0.4, 0.5) is 0 Å². The zero-order valence-electron chi connectivity index (χ0n) is 15.7. The maximum Gasteiger partial charge on any atom is 0.261 e. The molecule has 0 aromatic heterocycles. The van der Waals surface area contributed by atoms with Crippen molar-refractivity contribution in [2.45, 2.75) is 45.8 Å². The molecule has 0 saturated heterocycles. The van der Waals surface area contributed by atoms with E-state index < -0.39 is 6.10 Å². The second-order valence-electron chi connectivity index (χ2n) is 6.17. The minimum atomic E-state index is -0.568. The second-order valence-corrected chi connectivity index (χ2v) is 6.61. The van der Waals surface area contributed by atoms with Gasteiger partial charge in [0.05, 0.1) is 13.2 Å². The lowest BCUT2D eigenvalue weighted by molar-refractivity contribution is -0.128. The predicted octanol–water partition coefficient (Wildman–Crippen LogP) is 5.08. The third-order valence-electron chi connectivity index (χ3n) is 4.28. The van der Waals surface area contributed by atoms with Crippen LogP contribution in [0.1, 0.15) is 43.9 Å². The van der Waals surface area contributed by atoms with Gasteiger partial charge in [0, 0.05) is 5.02 Å². The van der Waals surface area contributed by atoms with E-state index >= 15 is 0 Å². The van der Waals surface area contributed by atoms with Crippen molar-refractivity contribution in [1.29, 1.82) is 0 Å². The van der Waals surface area contributed by atoms with Gasteiger partial charge in [-0.25, -0.2) is 0 Å². The third-order valence-corrected chi connectivity index (χ3v) is 4.52. The zero-order valence-corrected chi connectivity index (χ0v) is 16.5. The molecule has 0 spiro atoms. The maximum absolute atomic E-state index is 12.7. The van der Waals surface area contributed by atoms with Crippen LogP contribution in [0.25, 0.3) is 0 Å². The molecule has 5 heteroatoms. The first-order chi connectivity index (χ1) is 12.5. The lowest BCUT2D eigenvalue weighted by Crippen LogP contribution is -2.40. The molecule has 0 heterocycles. The molecule has 2 rings (SSSR count). The number of hydrogen-bond acceptors (Lipinski definition) is 3. The van der Waals surface area contributed by atoms with Crippen molar-refractivity contribution >= 4 is 17.5 Å². The molecule has 26 heavy (non-hydrogen) atoms. The summed E-state index contributed by atoms with van der Waals surface area (Å²) in [5.41, 5.74) is 2.09. The molecule has 0 aliphatic heterocycles. The van der Waals surface area contributed by atoms with Crippen molar-refractivity contribution in [2.75, 3.05) is 7.11 Å². The molecule has 0 radical (unpaired) electrons. The Morgan fingerprint density at radius 2 is 1.92 bits per heavy atom. The standard InChI is InChI=1S/C21H26ClNO3/c1-5-18(15-10-11-20(25-4)14(3)12-15)23-21(24)19(6-2)26-17-9-7-8-16(22)13-17/h7-13,18-19H,5-6H2,1-4H3,(H,23,24)/t18-,19-/m1/s1. The number of amides is 1. The highest BCUT2D eigenvalue weighted by atomic mass is 35.5. The molecule has 0 saturated carbocycles. The number of carbonyl (C=O) groups excluding carboxylic acids is 1. The molecule has 4 nitrogen and oxygen atoms in total. The van der Waals surface area contributed by atoms with Gasteiger partial charge in [0.2, 0.25) is 0 Å². The monoisotopic (exact) mass is 375 g/mol. The van der Waals surface area contributed by atoms with E-state index in [1.807, 2.05) is 39.0 Å². The van der Waals surface area contributed by atoms with E-state index in [1.54, 1.807) is 31.4 Å². The Labute approximate surface area is 160 Å². The van der Waals surface area contributed by atoms with Crippen molar-refractivity contribution in [3.05, 3.63) is 58.6 Å². The summed E-state index contributed by atoms with van der Waals surface area (Å²) >= 11 is 5.99. The summed E-state index contributed by atoms with van der Waals surface area (Å²) in [7, 11) is 1.65. The largest absolute Gasteiger partial charge is 0.496 e. The van der Waals surface area contributed by atoms with Crippen molar-refractivity contribution in [3.63, 3.8) is 0 Å². The zero-order chi connectivity index (χ0) is 19.1. The molecule has 0 fully saturated rings. The van der Waals surface area contributed by atoms with Gasteiger partial charge in [-0.3, -0.25) is 4.79 Å². The van der Waals surface area contributed by atoms with Crippen LogP contribution in [0.5, 0.6) is 11.5 Å². The van der Waals surface area contributed by atoms with Crippen LogP contribution < -0.4 is 14.8 Å². The summed E-state index contributed by atoms with van der Waals surface area (Å²) < 4.78 is 11.1. The molecular weight excluding hydrogens is 350 g/mol. The van der Waals surface area contributed by atoms with Gasteiger partial charge in [0.15, 0.2) is 6.10 Å². The maximum atomic E-state index is 12.7. The summed E-state index contributed by atoms with van der Waals surface area (Å²) in [6.45, 7) is 5.96. The van der Waals surface area contributed by atoms with Gasteiger partial charge in [0.1, 0.15) is 11.5 Å². The second kappa shape index (κ2) is 9.48. The molecule has 0 bridgehead atoms. The first-order valence-electron chi connectivity index (χ1n) is 8.85.